The van der Waals surface area contributed by atoms with E-state index in [0.29, 0.717) is 11.3 Å². The number of hydrogen-bond donors (Lipinski definition) is 0. The molecule has 0 aliphatic carbocycles. The van der Waals surface area contributed by atoms with Gasteiger partial charge in [-0.15, -0.1) is 0 Å². The van der Waals surface area contributed by atoms with E-state index >= 15 is 0 Å². The molecule has 0 fully saturated rings. The second-order valence-electron chi connectivity index (χ2n) is 5.98. The summed E-state index contributed by atoms with van der Waals surface area (Å²) >= 11 is 0. The molecule has 0 amide bonds. The Hall–Kier alpha value is -1.02. The Morgan fingerprint density at radius 2 is 1.95 bits per heavy atom. The van der Waals surface area contributed by atoms with Crippen molar-refractivity contribution in [2.75, 3.05) is 27.7 Å². The molecular formula is C17H29NO. The van der Waals surface area contributed by atoms with Crippen LogP contribution in [0.15, 0.2) is 24.3 Å². The molecule has 2 unspecified atom stereocenters. The molecule has 2 atom stereocenters. The van der Waals surface area contributed by atoms with Gasteiger partial charge in [0.05, 0.1) is 7.11 Å². The van der Waals surface area contributed by atoms with Crippen molar-refractivity contribution in [3.8, 4) is 5.75 Å². The summed E-state index contributed by atoms with van der Waals surface area (Å²) in [6.07, 6.45) is 2.34. The minimum atomic E-state index is 0.296. The Balaban J connectivity index is 3.08. The van der Waals surface area contributed by atoms with Gasteiger partial charge in [0.15, 0.2) is 0 Å². The Morgan fingerprint density at radius 1 is 1.26 bits per heavy atom. The van der Waals surface area contributed by atoms with Crippen LogP contribution in [0.3, 0.4) is 0 Å². The summed E-state index contributed by atoms with van der Waals surface area (Å²) in [4.78, 5) is 2.30. The summed E-state index contributed by atoms with van der Waals surface area (Å²) < 4.78 is 5.37. The number of hydrogen-bond acceptors (Lipinski definition) is 2. The predicted molar refractivity (Wildman–Crippen MR) is 83.0 cm³/mol. The standard InChI is InChI=1S/C17H29NO/c1-7-16(17(3,8-2)13-18(4)5)14-10-9-11-15(12-14)19-6/h9-12,16H,7-8,13H2,1-6H3. The highest BCUT2D eigenvalue weighted by molar-refractivity contribution is 5.32. The maximum absolute atomic E-state index is 5.37. The van der Waals surface area contributed by atoms with Crippen LogP contribution in [0.4, 0.5) is 0 Å². The third kappa shape index (κ3) is 3.97. The number of rotatable bonds is 7. The van der Waals surface area contributed by atoms with E-state index in [2.05, 4.69) is 58.0 Å². The normalized spacial score (nSPS) is 16.2. The molecule has 0 aliphatic heterocycles. The van der Waals surface area contributed by atoms with E-state index in [0.717, 1.165) is 18.7 Å². The summed E-state index contributed by atoms with van der Waals surface area (Å²) in [5.74, 6) is 1.52. The van der Waals surface area contributed by atoms with Crippen LogP contribution >= 0.6 is 0 Å². The topological polar surface area (TPSA) is 12.5 Å². The highest BCUT2D eigenvalue weighted by atomic mass is 16.5. The molecule has 2 heteroatoms. The molecule has 0 aliphatic rings. The van der Waals surface area contributed by atoms with Crippen molar-refractivity contribution in [1.29, 1.82) is 0 Å². The summed E-state index contributed by atoms with van der Waals surface area (Å²) in [6.45, 7) is 8.10. The Bertz CT molecular complexity index is 389. The maximum atomic E-state index is 5.37. The van der Waals surface area contributed by atoms with Crippen molar-refractivity contribution >= 4 is 0 Å². The fourth-order valence-electron chi connectivity index (χ4n) is 3.18. The molecule has 1 rings (SSSR count). The second-order valence-corrected chi connectivity index (χ2v) is 5.98. The zero-order chi connectivity index (χ0) is 14.5. The van der Waals surface area contributed by atoms with Gasteiger partial charge < -0.3 is 9.64 Å². The predicted octanol–water partition coefficient (Wildman–Crippen LogP) is 4.17. The van der Waals surface area contributed by atoms with Gasteiger partial charge in [-0.25, -0.2) is 0 Å². The lowest BCUT2D eigenvalue weighted by molar-refractivity contribution is 0.164. The van der Waals surface area contributed by atoms with E-state index < -0.39 is 0 Å². The van der Waals surface area contributed by atoms with Gasteiger partial charge in [0.2, 0.25) is 0 Å². The van der Waals surface area contributed by atoms with Crippen molar-refractivity contribution in [3.63, 3.8) is 0 Å². The third-order valence-electron chi connectivity index (χ3n) is 4.23. The van der Waals surface area contributed by atoms with E-state index in [4.69, 9.17) is 4.74 Å². The van der Waals surface area contributed by atoms with E-state index in [1.165, 1.54) is 12.0 Å². The average Bonchev–Trinajstić information content (AvgIpc) is 2.39. The number of benzene rings is 1. The fourth-order valence-corrected chi connectivity index (χ4v) is 3.18. The molecule has 0 spiro atoms. The minimum absolute atomic E-state index is 0.296. The van der Waals surface area contributed by atoms with Gasteiger partial charge in [-0.3, -0.25) is 0 Å². The third-order valence-corrected chi connectivity index (χ3v) is 4.23. The second kappa shape index (κ2) is 6.95. The molecule has 0 bridgehead atoms. The van der Waals surface area contributed by atoms with E-state index in [-0.39, 0.29) is 0 Å². The molecule has 1 aromatic rings. The van der Waals surface area contributed by atoms with Crippen LogP contribution in [0.25, 0.3) is 0 Å². The molecule has 0 saturated heterocycles. The number of nitrogens with zero attached hydrogens (tertiary/aromatic N) is 1. The minimum Gasteiger partial charge on any atom is -0.497 e. The zero-order valence-electron chi connectivity index (χ0n) is 13.4. The SMILES string of the molecule is CCC(c1cccc(OC)c1)C(C)(CC)CN(C)C. The average molecular weight is 263 g/mol. The Labute approximate surface area is 118 Å². The molecule has 0 N–H and O–H groups in total. The molecule has 19 heavy (non-hydrogen) atoms. The first-order chi connectivity index (χ1) is 8.96. The largest absolute Gasteiger partial charge is 0.497 e. The van der Waals surface area contributed by atoms with Gasteiger partial charge in [-0.1, -0.05) is 32.9 Å². The van der Waals surface area contributed by atoms with Gasteiger partial charge in [0.25, 0.3) is 0 Å². The molecule has 0 saturated carbocycles. The van der Waals surface area contributed by atoms with Gasteiger partial charge in [-0.2, -0.15) is 0 Å². The van der Waals surface area contributed by atoms with Gasteiger partial charge in [-0.05, 0) is 56.0 Å². The van der Waals surface area contributed by atoms with E-state index in [1.54, 1.807) is 7.11 Å². The van der Waals surface area contributed by atoms with Crippen LogP contribution in [0.2, 0.25) is 0 Å². The van der Waals surface area contributed by atoms with Gasteiger partial charge in [0.1, 0.15) is 5.75 Å². The smallest absolute Gasteiger partial charge is 0.119 e. The van der Waals surface area contributed by atoms with Crippen molar-refractivity contribution < 1.29 is 4.74 Å². The molecule has 0 heterocycles. The van der Waals surface area contributed by atoms with Crippen molar-refractivity contribution in [2.24, 2.45) is 5.41 Å². The van der Waals surface area contributed by atoms with Crippen LogP contribution < -0.4 is 4.74 Å². The quantitative estimate of drug-likeness (QED) is 0.732. The van der Waals surface area contributed by atoms with Crippen molar-refractivity contribution in [1.82, 2.24) is 4.90 Å². The lowest BCUT2D eigenvalue weighted by Gasteiger charge is -2.39. The molecule has 0 radical (unpaired) electrons. The fraction of sp³-hybridized carbons (Fsp3) is 0.647. The van der Waals surface area contributed by atoms with Gasteiger partial charge in [0, 0.05) is 6.54 Å². The molecule has 1 aromatic carbocycles. The van der Waals surface area contributed by atoms with Crippen LogP contribution in [0.5, 0.6) is 5.75 Å². The first-order valence-electron chi connectivity index (χ1n) is 7.25. The van der Waals surface area contributed by atoms with Crippen molar-refractivity contribution in [2.45, 2.75) is 39.5 Å². The van der Waals surface area contributed by atoms with E-state index in [9.17, 15) is 0 Å². The zero-order valence-corrected chi connectivity index (χ0v) is 13.4. The summed E-state index contributed by atoms with van der Waals surface area (Å²) in [5.41, 5.74) is 1.69. The van der Waals surface area contributed by atoms with Crippen LogP contribution in [-0.2, 0) is 0 Å². The molecule has 108 valence electrons. The first kappa shape index (κ1) is 16.0. The summed E-state index contributed by atoms with van der Waals surface area (Å²) in [5, 5.41) is 0. The van der Waals surface area contributed by atoms with Crippen LogP contribution in [0, 0.1) is 5.41 Å². The number of methoxy groups -OCH3 is 1. The summed E-state index contributed by atoms with van der Waals surface area (Å²) in [6, 6.07) is 8.55. The molecule has 2 nitrogen and oxygen atoms in total. The number of ether oxygens (including phenoxy) is 1. The van der Waals surface area contributed by atoms with Crippen LogP contribution in [0.1, 0.15) is 45.1 Å². The highest BCUT2D eigenvalue weighted by Crippen LogP contribution is 2.42. The summed E-state index contributed by atoms with van der Waals surface area (Å²) in [7, 11) is 6.05. The Morgan fingerprint density at radius 3 is 2.42 bits per heavy atom. The lowest BCUT2D eigenvalue weighted by Crippen LogP contribution is -2.36. The first-order valence-corrected chi connectivity index (χ1v) is 7.25. The monoisotopic (exact) mass is 263 g/mol. The highest BCUT2D eigenvalue weighted by Gasteiger charge is 2.33. The van der Waals surface area contributed by atoms with E-state index in [1.807, 2.05) is 6.07 Å². The molecular weight excluding hydrogens is 234 g/mol. The van der Waals surface area contributed by atoms with Crippen molar-refractivity contribution in [3.05, 3.63) is 29.8 Å². The Kier molecular flexibility index (Phi) is 5.86. The maximum Gasteiger partial charge on any atom is 0.119 e. The lowest BCUT2D eigenvalue weighted by atomic mass is 9.70. The van der Waals surface area contributed by atoms with Crippen LogP contribution in [-0.4, -0.2) is 32.6 Å². The molecule has 0 aromatic heterocycles. The van der Waals surface area contributed by atoms with Gasteiger partial charge >= 0.3 is 0 Å².